The van der Waals surface area contributed by atoms with Crippen LogP contribution in [0.25, 0.3) is 0 Å². The van der Waals surface area contributed by atoms with E-state index in [9.17, 15) is 4.79 Å². The summed E-state index contributed by atoms with van der Waals surface area (Å²) in [5.41, 5.74) is 4.59. The Kier molecular flexibility index (Phi) is 2.64. The fourth-order valence-electron chi connectivity index (χ4n) is 5.39. The van der Waals surface area contributed by atoms with Gasteiger partial charge in [0.1, 0.15) is 5.78 Å². The first-order valence-corrected chi connectivity index (χ1v) is 8.21. The van der Waals surface area contributed by atoms with E-state index in [4.69, 9.17) is 0 Å². The van der Waals surface area contributed by atoms with Crippen molar-refractivity contribution in [2.75, 3.05) is 0 Å². The number of rotatable bonds is 0. The average Bonchev–Trinajstić information content (AvgIpc) is 2.74. The van der Waals surface area contributed by atoms with Gasteiger partial charge in [0, 0.05) is 17.8 Å². The largest absolute Gasteiger partial charge is 0.299 e. The number of allylic oxidation sites excluding steroid dienone is 5. The van der Waals surface area contributed by atoms with E-state index in [1.807, 2.05) is 0 Å². The highest BCUT2D eigenvalue weighted by Gasteiger charge is 2.53. The Morgan fingerprint density at radius 1 is 1.20 bits per heavy atom. The number of hydrogen-bond donors (Lipinski definition) is 0. The predicted octanol–water partition coefficient (Wildman–Crippen LogP) is 4.60. The van der Waals surface area contributed by atoms with Crippen molar-refractivity contribution in [2.45, 2.75) is 51.9 Å². The number of carbonyl (C=O) groups excluding carboxylic acids is 1. The van der Waals surface area contributed by atoms with Crippen LogP contribution in [0.2, 0.25) is 0 Å². The van der Waals surface area contributed by atoms with Gasteiger partial charge in [-0.2, -0.15) is 0 Å². The van der Waals surface area contributed by atoms with Crippen molar-refractivity contribution in [1.29, 1.82) is 0 Å². The van der Waals surface area contributed by atoms with Gasteiger partial charge in [-0.25, -0.2) is 0 Å². The first-order valence-electron chi connectivity index (χ1n) is 8.21. The first-order chi connectivity index (χ1) is 9.59. The molecule has 0 bridgehead atoms. The third-order valence-corrected chi connectivity index (χ3v) is 6.55. The van der Waals surface area contributed by atoms with Crippen molar-refractivity contribution < 1.29 is 4.79 Å². The molecule has 0 saturated heterocycles. The SMILES string of the molecule is C=C1C=C2CC[C@@H]3C(=CC[C@]4(C)C(=O)CC[C@@H]34)[C@H]2CC1. The van der Waals surface area contributed by atoms with E-state index in [0.717, 1.165) is 25.7 Å². The molecule has 2 saturated carbocycles. The van der Waals surface area contributed by atoms with Crippen molar-refractivity contribution in [3.05, 3.63) is 35.5 Å². The molecule has 0 N–H and O–H groups in total. The number of hydrogen-bond acceptors (Lipinski definition) is 1. The summed E-state index contributed by atoms with van der Waals surface area (Å²) in [6.45, 7) is 6.37. The Morgan fingerprint density at radius 2 is 2.05 bits per heavy atom. The van der Waals surface area contributed by atoms with Crippen LogP contribution in [0, 0.1) is 23.2 Å². The van der Waals surface area contributed by atoms with Crippen LogP contribution in [0.4, 0.5) is 0 Å². The summed E-state index contributed by atoms with van der Waals surface area (Å²) in [6, 6.07) is 0. The first kappa shape index (κ1) is 12.6. The lowest BCUT2D eigenvalue weighted by molar-refractivity contribution is -0.127. The van der Waals surface area contributed by atoms with Gasteiger partial charge >= 0.3 is 0 Å². The molecule has 0 unspecified atom stereocenters. The number of Topliss-reactive ketones (excluding diaryl/α,β-unsaturated/α-hetero) is 1. The fourth-order valence-corrected chi connectivity index (χ4v) is 5.39. The molecule has 4 rings (SSSR count). The summed E-state index contributed by atoms with van der Waals surface area (Å²) in [5.74, 6) is 2.52. The highest BCUT2D eigenvalue weighted by atomic mass is 16.1. The van der Waals surface area contributed by atoms with Crippen molar-refractivity contribution >= 4 is 5.78 Å². The zero-order valence-corrected chi connectivity index (χ0v) is 12.5. The minimum atomic E-state index is -0.0341. The van der Waals surface area contributed by atoms with Crippen LogP contribution in [0.3, 0.4) is 0 Å². The van der Waals surface area contributed by atoms with Crippen molar-refractivity contribution in [3.8, 4) is 0 Å². The molecular formula is C19H24O. The fraction of sp³-hybridized carbons (Fsp3) is 0.632. The van der Waals surface area contributed by atoms with Gasteiger partial charge in [0.15, 0.2) is 0 Å². The Balaban J connectivity index is 1.72. The second kappa shape index (κ2) is 4.19. The van der Waals surface area contributed by atoms with E-state index in [0.29, 0.717) is 23.5 Å². The van der Waals surface area contributed by atoms with Gasteiger partial charge in [0.25, 0.3) is 0 Å². The second-order valence-electron chi connectivity index (χ2n) is 7.51. The zero-order valence-electron chi connectivity index (χ0n) is 12.5. The second-order valence-corrected chi connectivity index (χ2v) is 7.51. The standard InChI is InChI=1S/C19H24O/c1-12-3-5-14-13(11-12)4-6-16-15(14)9-10-19(2)17(16)7-8-18(19)20/h9,11,14,16-17H,1,3-8,10H2,2H3/t14-,16+,17-,19-/m0/s1. The maximum atomic E-state index is 12.3. The van der Waals surface area contributed by atoms with E-state index >= 15 is 0 Å². The van der Waals surface area contributed by atoms with Gasteiger partial charge < -0.3 is 0 Å². The van der Waals surface area contributed by atoms with Crippen LogP contribution in [0.15, 0.2) is 35.5 Å². The van der Waals surface area contributed by atoms with E-state index in [1.165, 1.54) is 24.8 Å². The molecule has 4 aliphatic carbocycles. The molecule has 0 radical (unpaired) electrons. The Bertz CT molecular complexity index is 550. The molecule has 0 aromatic carbocycles. The van der Waals surface area contributed by atoms with Crippen LogP contribution in [0.1, 0.15) is 51.9 Å². The van der Waals surface area contributed by atoms with Gasteiger partial charge in [0.05, 0.1) is 0 Å². The molecule has 0 heterocycles. The summed E-state index contributed by atoms with van der Waals surface area (Å²) in [5, 5.41) is 0. The Morgan fingerprint density at radius 3 is 2.90 bits per heavy atom. The quantitative estimate of drug-likeness (QED) is 0.587. The molecular weight excluding hydrogens is 244 g/mol. The summed E-state index contributed by atoms with van der Waals surface area (Å²) < 4.78 is 0. The van der Waals surface area contributed by atoms with Crippen LogP contribution in [-0.2, 0) is 4.79 Å². The molecule has 1 nitrogen and oxygen atoms in total. The topological polar surface area (TPSA) is 17.1 Å². The molecule has 20 heavy (non-hydrogen) atoms. The predicted molar refractivity (Wildman–Crippen MR) is 81.2 cm³/mol. The molecule has 0 spiro atoms. The van der Waals surface area contributed by atoms with Gasteiger partial charge in [-0.15, -0.1) is 0 Å². The summed E-state index contributed by atoms with van der Waals surface area (Å²) in [6.07, 6.45) is 12.7. The summed E-state index contributed by atoms with van der Waals surface area (Å²) in [7, 11) is 0. The highest BCUT2D eigenvalue weighted by Crippen LogP contribution is 2.58. The Labute approximate surface area is 121 Å². The minimum absolute atomic E-state index is 0.0341. The van der Waals surface area contributed by atoms with Gasteiger partial charge in [-0.05, 0) is 50.4 Å². The van der Waals surface area contributed by atoms with E-state index in [-0.39, 0.29) is 5.41 Å². The normalized spacial score (nSPS) is 43.4. The van der Waals surface area contributed by atoms with E-state index < -0.39 is 0 Å². The number of ketones is 1. The number of carbonyl (C=O) groups is 1. The lowest BCUT2D eigenvalue weighted by Crippen LogP contribution is -2.40. The van der Waals surface area contributed by atoms with Crippen LogP contribution in [-0.4, -0.2) is 5.78 Å². The van der Waals surface area contributed by atoms with Gasteiger partial charge in [-0.3, -0.25) is 4.79 Å². The lowest BCUT2D eigenvalue weighted by Gasteiger charge is -2.47. The lowest BCUT2D eigenvalue weighted by atomic mass is 9.57. The molecule has 1 heteroatoms. The smallest absolute Gasteiger partial charge is 0.139 e. The van der Waals surface area contributed by atoms with E-state index in [2.05, 4.69) is 25.7 Å². The third kappa shape index (κ3) is 1.58. The average molecular weight is 268 g/mol. The van der Waals surface area contributed by atoms with Gasteiger partial charge in [-0.1, -0.05) is 42.4 Å². The molecule has 0 aliphatic heterocycles. The Hall–Kier alpha value is -1.11. The van der Waals surface area contributed by atoms with Crippen LogP contribution >= 0.6 is 0 Å². The van der Waals surface area contributed by atoms with Crippen LogP contribution in [0.5, 0.6) is 0 Å². The molecule has 0 aromatic heterocycles. The monoisotopic (exact) mass is 268 g/mol. The summed E-state index contributed by atoms with van der Waals surface area (Å²) >= 11 is 0. The third-order valence-electron chi connectivity index (χ3n) is 6.55. The van der Waals surface area contributed by atoms with Gasteiger partial charge in [0.2, 0.25) is 0 Å². The minimum Gasteiger partial charge on any atom is -0.299 e. The van der Waals surface area contributed by atoms with Crippen molar-refractivity contribution in [2.24, 2.45) is 23.2 Å². The molecule has 0 amide bonds. The molecule has 4 atom stereocenters. The molecule has 0 aromatic rings. The maximum Gasteiger partial charge on any atom is 0.139 e. The summed E-state index contributed by atoms with van der Waals surface area (Å²) in [4.78, 5) is 12.3. The molecule has 4 aliphatic rings. The molecule has 106 valence electrons. The number of fused-ring (bicyclic) bond motifs is 5. The van der Waals surface area contributed by atoms with Crippen LogP contribution < -0.4 is 0 Å². The van der Waals surface area contributed by atoms with Crippen molar-refractivity contribution in [1.82, 2.24) is 0 Å². The van der Waals surface area contributed by atoms with E-state index in [1.54, 1.807) is 11.1 Å². The van der Waals surface area contributed by atoms with Crippen molar-refractivity contribution in [3.63, 3.8) is 0 Å². The highest BCUT2D eigenvalue weighted by molar-refractivity contribution is 5.87. The molecule has 2 fully saturated rings. The maximum absolute atomic E-state index is 12.3. The zero-order chi connectivity index (χ0) is 13.9.